The van der Waals surface area contributed by atoms with Crippen LogP contribution in [0.3, 0.4) is 0 Å². The Morgan fingerprint density at radius 2 is 2.25 bits per heavy atom. The lowest BCUT2D eigenvalue weighted by molar-refractivity contribution is 0.0884. The first kappa shape index (κ1) is 12.4. The number of para-hydroxylation sites is 1. The molecular formula is C16H21N3O. The van der Waals surface area contributed by atoms with Gasteiger partial charge in [0.1, 0.15) is 0 Å². The molecule has 2 fully saturated rings. The van der Waals surface area contributed by atoms with E-state index in [4.69, 9.17) is 10.5 Å². The number of benzene rings is 1. The SMILES string of the molecule is Cn1nc(CC(N)C2CC3CCC2O3)c2ccccc21. The van der Waals surface area contributed by atoms with Crippen molar-refractivity contribution < 1.29 is 4.74 Å². The van der Waals surface area contributed by atoms with E-state index < -0.39 is 0 Å². The maximum absolute atomic E-state index is 6.47. The quantitative estimate of drug-likeness (QED) is 0.929. The second kappa shape index (κ2) is 4.57. The fourth-order valence-corrected chi connectivity index (χ4v) is 3.94. The fourth-order valence-electron chi connectivity index (χ4n) is 3.94. The lowest BCUT2D eigenvalue weighted by Crippen LogP contribution is -2.38. The van der Waals surface area contributed by atoms with Gasteiger partial charge in [-0.25, -0.2) is 0 Å². The van der Waals surface area contributed by atoms with Crippen molar-refractivity contribution in [3.05, 3.63) is 30.0 Å². The van der Waals surface area contributed by atoms with E-state index in [1.807, 2.05) is 11.7 Å². The third kappa shape index (κ3) is 1.86. The molecule has 0 amide bonds. The van der Waals surface area contributed by atoms with Crippen LogP contribution in [0.1, 0.15) is 25.0 Å². The van der Waals surface area contributed by atoms with E-state index in [2.05, 4.69) is 29.4 Å². The van der Waals surface area contributed by atoms with Crippen LogP contribution in [0, 0.1) is 5.92 Å². The molecule has 2 aliphatic heterocycles. The van der Waals surface area contributed by atoms with Crippen molar-refractivity contribution in [3.63, 3.8) is 0 Å². The van der Waals surface area contributed by atoms with Crippen LogP contribution in [-0.2, 0) is 18.2 Å². The first-order chi connectivity index (χ1) is 9.72. The maximum Gasteiger partial charge on any atom is 0.0718 e. The molecule has 0 radical (unpaired) electrons. The summed E-state index contributed by atoms with van der Waals surface area (Å²) in [4.78, 5) is 0. The van der Waals surface area contributed by atoms with Gasteiger partial charge in [-0.3, -0.25) is 4.68 Å². The van der Waals surface area contributed by atoms with Crippen LogP contribution in [0.4, 0.5) is 0 Å². The van der Waals surface area contributed by atoms with Gasteiger partial charge in [0.05, 0.1) is 23.4 Å². The van der Waals surface area contributed by atoms with E-state index in [1.54, 1.807) is 0 Å². The smallest absolute Gasteiger partial charge is 0.0718 e. The van der Waals surface area contributed by atoms with Gasteiger partial charge in [-0.1, -0.05) is 18.2 Å². The zero-order valence-corrected chi connectivity index (χ0v) is 11.8. The number of hydrogen-bond acceptors (Lipinski definition) is 3. The van der Waals surface area contributed by atoms with Crippen molar-refractivity contribution in [2.24, 2.45) is 18.7 Å². The van der Waals surface area contributed by atoms with Crippen molar-refractivity contribution in [2.75, 3.05) is 0 Å². The number of fused-ring (bicyclic) bond motifs is 3. The summed E-state index contributed by atoms with van der Waals surface area (Å²) in [6, 6.07) is 8.53. The summed E-state index contributed by atoms with van der Waals surface area (Å²) in [5.74, 6) is 0.509. The third-order valence-corrected chi connectivity index (χ3v) is 4.97. The second-order valence-electron chi connectivity index (χ2n) is 6.23. The largest absolute Gasteiger partial charge is 0.375 e. The summed E-state index contributed by atoms with van der Waals surface area (Å²) in [5, 5.41) is 5.89. The molecule has 4 heteroatoms. The number of ether oxygens (including phenoxy) is 1. The molecule has 2 saturated heterocycles. The number of rotatable bonds is 3. The van der Waals surface area contributed by atoms with Gasteiger partial charge in [0, 0.05) is 30.8 Å². The summed E-state index contributed by atoms with van der Waals surface area (Å²) >= 11 is 0. The highest BCUT2D eigenvalue weighted by Crippen LogP contribution is 2.40. The zero-order valence-electron chi connectivity index (χ0n) is 11.8. The predicted molar refractivity (Wildman–Crippen MR) is 78.4 cm³/mol. The van der Waals surface area contributed by atoms with Gasteiger partial charge >= 0.3 is 0 Å². The molecule has 2 aromatic rings. The molecule has 0 saturated carbocycles. The molecule has 1 aromatic heterocycles. The Balaban J connectivity index is 1.58. The molecule has 4 nitrogen and oxygen atoms in total. The molecule has 0 aliphatic carbocycles. The van der Waals surface area contributed by atoms with E-state index in [1.165, 1.54) is 23.7 Å². The van der Waals surface area contributed by atoms with Crippen LogP contribution >= 0.6 is 0 Å². The van der Waals surface area contributed by atoms with E-state index in [0.29, 0.717) is 18.1 Å². The molecular weight excluding hydrogens is 250 g/mol. The number of nitrogens with two attached hydrogens (primary N) is 1. The monoisotopic (exact) mass is 271 g/mol. The number of aryl methyl sites for hydroxylation is 1. The maximum atomic E-state index is 6.47. The topological polar surface area (TPSA) is 53.1 Å². The van der Waals surface area contributed by atoms with Crippen LogP contribution in [0.15, 0.2) is 24.3 Å². The van der Waals surface area contributed by atoms with Crippen LogP contribution < -0.4 is 5.73 Å². The van der Waals surface area contributed by atoms with Gasteiger partial charge < -0.3 is 10.5 Å². The number of hydrogen-bond donors (Lipinski definition) is 1. The Morgan fingerprint density at radius 3 is 3.00 bits per heavy atom. The van der Waals surface area contributed by atoms with E-state index in [0.717, 1.165) is 18.5 Å². The molecule has 20 heavy (non-hydrogen) atoms. The van der Waals surface area contributed by atoms with Crippen LogP contribution in [0.5, 0.6) is 0 Å². The summed E-state index contributed by atoms with van der Waals surface area (Å²) < 4.78 is 7.88. The van der Waals surface area contributed by atoms with Crippen molar-refractivity contribution in [1.82, 2.24) is 9.78 Å². The highest BCUT2D eigenvalue weighted by molar-refractivity contribution is 5.81. The molecule has 3 heterocycles. The number of nitrogens with zero attached hydrogens (tertiary/aromatic N) is 2. The zero-order chi connectivity index (χ0) is 13.7. The normalized spacial score (nSPS) is 30.2. The first-order valence-electron chi connectivity index (χ1n) is 7.54. The average molecular weight is 271 g/mol. The summed E-state index contributed by atoms with van der Waals surface area (Å²) in [7, 11) is 2.00. The van der Waals surface area contributed by atoms with Gasteiger partial charge in [0.15, 0.2) is 0 Å². The molecule has 4 unspecified atom stereocenters. The van der Waals surface area contributed by atoms with Gasteiger partial charge in [0.25, 0.3) is 0 Å². The molecule has 0 spiro atoms. The molecule has 4 rings (SSSR count). The highest BCUT2D eigenvalue weighted by atomic mass is 16.5. The molecule has 4 atom stereocenters. The van der Waals surface area contributed by atoms with Crippen molar-refractivity contribution in [2.45, 2.75) is 43.9 Å². The minimum Gasteiger partial charge on any atom is -0.375 e. The third-order valence-electron chi connectivity index (χ3n) is 4.97. The van der Waals surface area contributed by atoms with Gasteiger partial charge in [-0.2, -0.15) is 5.10 Å². The Kier molecular flexibility index (Phi) is 2.82. The molecule has 2 bridgehead atoms. The molecule has 2 aliphatic rings. The Labute approximate surface area is 118 Å². The molecule has 1 aromatic carbocycles. The Bertz CT molecular complexity index is 636. The highest BCUT2D eigenvalue weighted by Gasteiger charge is 2.43. The van der Waals surface area contributed by atoms with Gasteiger partial charge in [-0.05, 0) is 25.3 Å². The standard InChI is InChI=1S/C16H21N3O/c1-19-15-5-3-2-4-11(15)14(18-19)9-13(17)12-8-10-6-7-16(12)20-10/h2-5,10,12-13,16H,6-9,17H2,1H3. The number of aromatic nitrogens is 2. The van der Waals surface area contributed by atoms with Gasteiger partial charge in [-0.15, -0.1) is 0 Å². The summed E-state index contributed by atoms with van der Waals surface area (Å²) in [6.45, 7) is 0. The van der Waals surface area contributed by atoms with Gasteiger partial charge in [0.2, 0.25) is 0 Å². The lowest BCUT2D eigenvalue weighted by Gasteiger charge is -2.24. The van der Waals surface area contributed by atoms with Crippen LogP contribution in [0.2, 0.25) is 0 Å². The minimum atomic E-state index is 0.156. The molecule has 106 valence electrons. The van der Waals surface area contributed by atoms with Crippen LogP contribution in [0.25, 0.3) is 10.9 Å². The van der Waals surface area contributed by atoms with E-state index in [9.17, 15) is 0 Å². The van der Waals surface area contributed by atoms with Crippen LogP contribution in [-0.4, -0.2) is 28.0 Å². The van der Waals surface area contributed by atoms with Crippen molar-refractivity contribution >= 4 is 10.9 Å². The minimum absolute atomic E-state index is 0.156. The van der Waals surface area contributed by atoms with Crippen molar-refractivity contribution in [1.29, 1.82) is 0 Å². The summed E-state index contributed by atoms with van der Waals surface area (Å²) in [5.41, 5.74) is 8.77. The Morgan fingerprint density at radius 1 is 1.40 bits per heavy atom. The van der Waals surface area contributed by atoms with Crippen molar-refractivity contribution in [3.8, 4) is 0 Å². The lowest BCUT2D eigenvalue weighted by atomic mass is 9.82. The van der Waals surface area contributed by atoms with E-state index >= 15 is 0 Å². The predicted octanol–water partition coefficient (Wildman–Crippen LogP) is 2.01. The fraction of sp³-hybridized carbons (Fsp3) is 0.562. The summed E-state index contributed by atoms with van der Waals surface area (Å²) in [6.07, 6.45) is 5.25. The first-order valence-corrected chi connectivity index (χ1v) is 7.54. The van der Waals surface area contributed by atoms with E-state index in [-0.39, 0.29) is 6.04 Å². The molecule has 2 N–H and O–H groups in total. The Hall–Kier alpha value is -1.39. The average Bonchev–Trinajstić information content (AvgIpc) is 3.15. The second-order valence-corrected chi connectivity index (χ2v) is 6.23.